The number of fused-ring (bicyclic) bond motifs is 8. The summed E-state index contributed by atoms with van der Waals surface area (Å²) < 4.78 is 82.6. The fourth-order valence-corrected chi connectivity index (χ4v) is 9.49. The first-order valence-electron chi connectivity index (χ1n) is 21.8. The Morgan fingerprint density at radius 3 is 1.89 bits per heavy atom. The molecule has 3 heterocycles. The summed E-state index contributed by atoms with van der Waals surface area (Å²) in [6, 6.07) is 36.8. The monoisotopic (exact) mass is 732 g/mol. The average Bonchev–Trinajstić information content (AvgIpc) is 3.90. The van der Waals surface area contributed by atoms with Crippen LogP contribution in [-0.2, 0) is 0 Å². The van der Waals surface area contributed by atoms with Crippen molar-refractivity contribution < 1.29 is 12.3 Å². The molecule has 0 radical (unpaired) electrons. The van der Waals surface area contributed by atoms with Gasteiger partial charge in [-0.1, -0.05) is 158 Å². The van der Waals surface area contributed by atoms with E-state index in [-0.39, 0.29) is 61.8 Å². The van der Waals surface area contributed by atoms with Gasteiger partial charge in [0.15, 0.2) is 17.5 Å². The van der Waals surface area contributed by atoms with Crippen LogP contribution in [0.4, 0.5) is 0 Å². The quantitative estimate of drug-likeness (QED) is 0.177. The predicted molar refractivity (Wildman–Crippen MR) is 230 cm³/mol. The lowest BCUT2D eigenvalue weighted by atomic mass is 9.99. The lowest BCUT2D eigenvalue weighted by Crippen LogP contribution is -2.00. The van der Waals surface area contributed by atoms with E-state index in [0.717, 1.165) is 53.8 Å². The fourth-order valence-electron chi connectivity index (χ4n) is 7.11. The van der Waals surface area contributed by atoms with Gasteiger partial charge in [-0.05, 0) is 51.2 Å². The lowest BCUT2D eigenvalue weighted by Gasteiger charge is -2.10. The molecule has 8 aromatic carbocycles. The Balaban J connectivity index is 1.18. The number of hydrogen-bond donors (Lipinski definition) is 0. The third-order valence-corrected chi connectivity index (χ3v) is 12.0. The zero-order valence-electron chi connectivity index (χ0n) is 37.2. The van der Waals surface area contributed by atoms with Gasteiger partial charge in [0, 0.05) is 57.0 Å². The van der Waals surface area contributed by atoms with E-state index in [1.165, 1.54) is 0 Å². The molecule has 0 fully saturated rings. The van der Waals surface area contributed by atoms with Gasteiger partial charge in [-0.25, -0.2) is 15.0 Å². The van der Waals surface area contributed by atoms with Crippen LogP contribution >= 0.6 is 22.7 Å². The van der Waals surface area contributed by atoms with Crippen LogP contribution in [0.15, 0.2) is 176 Å². The number of nitrogens with zero attached hydrogens (tertiary/aromatic N) is 3. The van der Waals surface area contributed by atoms with Crippen molar-refractivity contribution >= 4 is 73.8 Å². The highest BCUT2D eigenvalue weighted by atomic mass is 32.1. The number of rotatable bonds is 5. The highest BCUT2D eigenvalue weighted by Crippen LogP contribution is 2.44. The Bertz CT molecular complexity index is 3720. The van der Waals surface area contributed by atoms with Gasteiger partial charge in [-0.3, -0.25) is 0 Å². The van der Waals surface area contributed by atoms with E-state index < -0.39 is 30.2 Å². The van der Waals surface area contributed by atoms with Crippen LogP contribution in [0.25, 0.3) is 108 Å². The van der Waals surface area contributed by atoms with Crippen LogP contribution in [0.1, 0.15) is 12.3 Å². The van der Waals surface area contributed by atoms with Crippen molar-refractivity contribution in [3.05, 3.63) is 176 Å². The van der Waals surface area contributed by atoms with Gasteiger partial charge in [0.2, 0.25) is 0 Å². The molecule has 0 spiro atoms. The first-order chi connectivity index (χ1) is 30.5. The summed E-state index contributed by atoms with van der Waals surface area (Å²) in [5.74, 6) is 0.680. The summed E-state index contributed by atoms with van der Waals surface area (Å²) in [6.07, 6.45) is 0. The highest BCUT2D eigenvalue weighted by molar-refractivity contribution is 7.27. The Labute approximate surface area is 332 Å². The van der Waals surface area contributed by atoms with Crippen molar-refractivity contribution in [2.24, 2.45) is 0 Å². The molecule has 54 heavy (non-hydrogen) atoms. The minimum Gasteiger partial charge on any atom is -0.208 e. The third kappa shape index (κ3) is 5.12. The summed E-state index contributed by atoms with van der Waals surface area (Å²) in [5.41, 5.74) is 5.77. The maximum Gasteiger partial charge on any atom is 0.165 e. The van der Waals surface area contributed by atoms with E-state index in [1.807, 2.05) is 78.9 Å². The number of benzene rings is 8. The summed E-state index contributed by atoms with van der Waals surface area (Å²) in [6.45, 7) is 0. The molecule has 0 saturated carbocycles. The minimum absolute atomic E-state index is 0.0456. The van der Waals surface area contributed by atoms with Gasteiger partial charge in [0.25, 0.3) is 0 Å². The topological polar surface area (TPSA) is 38.7 Å². The first kappa shape index (κ1) is 23.2. The van der Waals surface area contributed by atoms with Crippen LogP contribution in [0.2, 0.25) is 0 Å². The largest absolute Gasteiger partial charge is 0.208 e. The zero-order valence-corrected chi connectivity index (χ0v) is 29.8. The lowest BCUT2D eigenvalue weighted by molar-refractivity contribution is 1.08. The second-order valence-electron chi connectivity index (χ2n) is 12.9. The molecular formula is C49H29N3S2. The minimum atomic E-state index is -0.517. The normalized spacial score (nSPS) is 14.0. The van der Waals surface area contributed by atoms with Gasteiger partial charge in [-0.2, -0.15) is 0 Å². The molecule has 0 aliphatic heterocycles. The molecule has 3 aromatic heterocycles. The zero-order chi connectivity index (χ0) is 43.4. The maximum atomic E-state index is 9.36. The van der Waals surface area contributed by atoms with Gasteiger partial charge in [-0.15, -0.1) is 22.7 Å². The van der Waals surface area contributed by atoms with Crippen LogP contribution in [0, 0.1) is 0 Å². The molecule has 0 amide bonds. The Morgan fingerprint density at radius 1 is 0.389 bits per heavy atom. The van der Waals surface area contributed by atoms with Crippen molar-refractivity contribution in [2.45, 2.75) is 0 Å². The van der Waals surface area contributed by atoms with E-state index in [4.69, 9.17) is 25.9 Å². The van der Waals surface area contributed by atoms with E-state index in [2.05, 4.69) is 42.5 Å². The van der Waals surface area contributed by atoms with E-state index in [9.17, 15) is 1.37 Å². The second kappa shape index (κ2) is 12.6. The van der Waals surface area contributed by atoms with Crippen LogP contribution in [0.5, 0.6) is 0 Å². The fraction of sp³-hybridized carbons (Fsp3) is 0. The molecule has 3 nitrogen and oxygen atoms in total. The smallest absolute Gasteiger partial charge is 0.165 e. The molecule has 0 atom stereocenters. The van der Waals surface area contributed by atoms with Gasteiger partial charge < -0.3 is 0 Å². The van der Waals surface area contributed by atoms with Crippen LogP contribution in [0.3, 0.4) is 0 Å². The molecule has 5 heteroatoms. The van der Waals surface area contributed by atoms with Crippen LogP contribution in [-0.4, -0.2) is 15.0 Å². The molecule has 0 N–H and O–H groups in total. The summed E-state index contributed by atoms with van der Waals surface area (Å²) >= 11 is 2.71. The maximum absolute atomic E-state index is 9.36. The van der Waals surface area contributed by atoms with Gasteiger partial charge >= 0.3 is 0 Å². The number of thiophene rings is 2. The van der Waals surface area contributed by atoms with E-state index in [0.29, 0.717) is 27.5 Å². The molecule has 0 aliphatic carbocycles. The molecule has 0 unspecified atom stereocenters. The van der Waals surface area contributed by atoms with Crippen molar-refractivity contribution in [3.8, 4) is 56.4 Å². The number of aromatic nitrogens is 3. The Hall–Kier alpha value is -6.53. The van der Waals surface area contributed by atoms with Crippen molar-refractivity contribution in [3.63, 3.8) is 0 Å². The third-order valence-electron chi connectivity index (χ3n) is 9.69. The number of hydrogen-bond acceptors (Lipinski definition) is 5. The van der Waals surface area contributed by atoms with E-state index >= 15 is 0 Å². The van der Waals surface area contributed by atoms with Crippen molar-refractivity contribution in [2.75, 3.05) is 0 Å². The summed E-state index contributed by atoms with van der Waals surface area (Å²) in [5, 5.41) is 2.40. The Morgan fingerprint density at radius 2 is 1.06 bits per heavy atom. The first-order valence-corrected chi connectivity index (χ1v) is 18.9. The molecule has 252 valence electrons. The molecule has 0 aliphatic rings. The Kier molecular flexibility index (Phi) is 5.40. The van der Waals surface area contributed by atoms with E-state index in [1.54, 1.807) is 11.3 Å². The standard InChI is InChI=1S/C49H29N3S2/c1-3-11-30(12-4-1)31-21-23-34(24-22-31)47-50-48(35-26-28-40-43(29-35)53-42-20-10-17-36(44(40)42)32-13-5-2-6-14-32)52-49(51-47)41-19-9-18-38-39-27-25-33-15-7-8-16-37(33)45(39)54-46(38)41/h1-29H/i7D,8D,9D,15D,16D,18D,19D,25D,27D. The summed E-state index contributed by atoms with van der Waals surface area (Å²) in [7, 11) is 0. The molecule has 0 saturated heterocycles. The predicted octanol–water partition coefficient (Wildman–Crippen LogP) is 14.1. The molecule has 0 bridgehead atoms. The molecule has 11 aromatic rings. The van der Waals surface area contributed by atoms with Gasteiger partial charge in [0.05, 0.1) is 12.3 Å². The summed E-state index contributed by atoms with van der Waals surface area (Å²) in [4.78, 5) is 15.0. The molecule has 11 rings (SSSR count). The second-order valence-corrected chi connectivity index (χ2v) is 15.0. The van der Waals surface area contributed by atoms with Crippen molar-refractivity contribution in [1.82, 2.24) is 15.0 Å². The molecular weight excluding hydrogens is 695 g/mol. The average molecular weight is 733 g/mol. The van der Waals surface area contributed by atoms with Gasteiger partial charge in [0.1, 0.15) is 0 Å². The van der Waals surface area contributed by atoms with Crippen molar-refractivity contribution in [1.29, 1.82) is 0 Å². The SMILES string of the molecule is [2H]c1c([2H])c([2H])c2c(sc3c4c([2H])c([2H])c([2H])c([2H])c4c([2H])c([2H])c32)c1-c1nc(-c2ccc(-c3ccccc3)cc2)nc(-c2ccc3c(c2)sc2cccc(-c4ccccc4)c23)n1. The van der Waals surface area contributed by atoms with Crippen LogP contribution < -0.4 is 0 Å². The highest BCUT2D eigenvalue weighted by Gasteiger charge is 2.19.